The zero-order valence-electron chi connectivity index (χ0n) is 11.5. The van der Waals surface area contributed by atoms with Gasteiger partial charge in [-0.2, -0.15) is 0 Å². The summed E-state index contributed by atoms with van der Waals surface area (Å²) in [5, 5.41) is 13.3. The number of aryl methyl sites for hydroxylation is 2. The van der Waals surface area contributed by atoms with Crippen molar-refractivity contribution in [3.8, 4) is 0 Å². The second-order valence-corrected chi connectivity index (χ2v) is 5.39. The number of rotatable bonds is 6. The van der Waals surface area contributed by atoms with Crippen LogP contribution in [0.5, 0.6) is 0 Å². The average Bonchev–Trinajstić information content (AvgIpc) is 2.94. The predicted molar refractivity (Wildman–Crippen MR) is 72.4 cm³/mol. The van der Waals surface area contributed by atoms with Crippen LogP contribution < -0.4 is 5.32 Å². The highest BCUT2D eigenvalue weighted by molar-refractivity contribution is 4.99. The van der Waals surface area contributed by atoms with Crippen LogP contribution >= 0.6 is 0 Å². The topological polar surface area (TPSA) is 50.1 Å². The van der Waals surface area contributed by atoms with Crippen molar-refractivity contribution in [1.82, 2.24) is 14.9 Å². The maximum atomic E-state index is 9.75. The van der Waals surface area contributed by atoms with Crippen molar-refractivity contribution < 1.29 is 5.11 Å². The van der Waals surface area contributed by atoms with Crippen LogP contribution in [-0.2, 0) is 6.54 Å². The van der Waals surface area contributed by atoms with Gasteiger partial charge in [-0.15, -0.1) is 0 Å². The molecule has 1 aromatic heterocycles. The highest BCUT2D eigenvalue weighted by atomic mass is 16.3. The third kappa shape index (κ3) is 2.59. The van der Waals surface area contributed by atoms with Crippen molar-refractivity contribution in [3.05, 3.63) is 18.2 Å². The fourth-order valence-electron chi connectivity index (χ4n) is 3.35. The first kappa shape index (κ1) is 13.6. The van der Waals surface area contributed by atoms with Crippen LogP contribution in [-0.4, -0.2) is 33.3 Å². The first-order valence-corrected chi connectivity index (χ1v) is 7.05. The van der Waals surface area contributed by atoms with Crippen LogP contribution in [0.1, 0.15) is 38.4 Å². The number of aliphatic hydroxyl groups is 1. The van der Waals surface area contributed by atoms with Crippen LogP contribution in [0, 0.1) is 12.8 Å². The van der Waals surface area contributed by atoms with E-state index in [-0.39, 0.29) is 12.1 Å². The molecule has 0 aliphatic heterocycles. The lowest BCUT2D eigenvalue weighted by molar-refractivity contribution is 0.118. The van der Waals surface area contributed by atoms with Gasteiger partial charge in [0.15, 0.2) is 0 Å². The van der Waals surface area contributed by atoms with Gasteiger partial charge in [-0.25, -0.2) is 4.98 Å². The third-order valence-electron chi connectivity index (χ3n) is 4.41. The molecule has 0 aromatic carbocycles. The lowest BCUT2D eigenvalue weighted by Crippen LogP contribution is -2.51. The van der Waals surface area contributed by atoms with Crippen molar-refractivity contribution in [2.75, 3.05) is 13.2 Å². The van der Waals surface area contributed by atoms with Gasteiger partial charge in [-0.3, -0.25) is 0 Å². The second kappa shape index (κ2) is 5.85. The fourth-order valence-corrected chi connectivity index (χ4v) is 3.35. The minimum Gasteiger partial charge on any atom is -0.394 e. The Balaban J connectivity index is 1.97. The first-order valence-electron chi connectivity index (χ1n) is 7.05. The molecule has 1 aliphatic rings. The highest BCUT2D eigenvalue weighted by Crippen LogP contribution is 2.38. The largest absolute Gasteiger partial charge is 0.394 e. The molecule has 0 spiro atoms. The summed E-state index contributed by atoms with van der Waals surface area (Å²) in [6.07, 6.45) is 8.56. The molecule has 4 nitrogen and oxygen atoms in total. The Labute approximate surface area is 109 Å². The van der Waals surface area contributed by atoms with E-state index in [1.807, 2.05) is 19.3 Å². The summed E-state index contributed by atoms with van der Waals surface area (Å²) in [5.74, 6) is 1.65. The Morgan fingerprint density at radius 3 is 3.06 bits per heavy atom. The van der Waals surface area contributed by atoms with Crippen molar-refractivity contribution in [3.63, 3.8) is 0 Å². The standard InChI is InChI=1S/C14H25N3O/c1-3-16-14(11-18)7-4-5-13(14)6-9-17-10-8-15-12(17)2/h8,10,13,16,18H,3-7,9,11H2,1-2H3. The number of likely N-dealkylation sites (N-methyl/N-ethyl adjacent to an activating group) is 1. The summed E-state index contributed by atoms with van der Waals surface area (Å²) >= 11 is 0. The van der Waals surface area contributed by atoms with Crippen molar-refractivity contribution >= 4 is 0 Å². The molecule has 2 rings (SSSR count). The number of hydrogen-bond donors (Lipinski definition) is 2. The third-order valence-corrected chi connectivity index (χ3v) is 4.41. The molecule has 1 aromatic rings. The van der Waals surface area contributed by atoms with E-state index in [4.69, 9.17) is 0 Å². The molecule has 102 valence electrons. The lowest BCUT2D eigenvalue weighted by Gasteiger charge is -2.35. The van der Waals surface area contributed by atoms with E-state index in [2.05, 4.69) is 21.8 Å². The Morgan fingerprint density at radius 1 is 1.61 bits per heavy atom. The molecule has 18 heavy (non-hydrogen) atoms. The van der Waals surface area contributed by atoms with Gasteiger partial charge >= 0.3 is 0 Å². The van der Waals surface area contributed by atoms with Crippen LogP contribution in [0.2, 0.25) is 0 Å². The molecule has 2 atom stereocenters. The molecule has 0 radical (unpaired) electrons. The average molecular weight is 251 g/mol. The molecule has 1 heterocycles. The Hall–Kier alpha value is -0.870. The SMILES string of the molecule is CCNC1(CO)CCCC1CCn1ccnc1C. The molecule has 0 saturated heterocycles. The van der Waals surface area contributed by atoms with Gasteiger partial charge in [0.1, 0.15) is 5.82 Å². The maximum Gasteiger partial charge on any atom is 0.105 e. The molecule has 2 N–H and O–H groups in total. The second-order valence-electron chi connectivity index (χ2n) is 5.39. The molecule has 0 bridgehead atoms. The van der Waals surface area contributed by atoms with E-state index in [0.717, 1.165) is 31.8 Å². The van der Waals surface area contributed by atoms with Gasteiger partial charge in [0.05, 0.1) is 6.61 Å². The molecular weight excluding hydrogens is 226 g/mol. The first-order chi connectivity index (χ1) is 8.72. The van der Waals surface area contributed by atoms with E-state index < -0.39 is 0 Å². The Kier molecular flexibility index (Phi) is 4.40. The van der Waals surface area contributed by atoms with E-state index in [0.29, 0.717) is 5.92 Å². The quantitative estimate of drug-likeness (QED) is 0.809. The van der Waals surface area contributed by atoms with Crippen molar-refractivity contribution in [2.45, 2.75) is 51.6 Å². The Bertz CT molecular complexity index is 377. The summed E-state index contributed by atoms with van der Waals surface area (Å²) < 4.78 is 2.20. The molecule has 2 unspecified atom stereocenters. The van der Waals surface area contributed by atoms with Gasteiger partial charge in [-0.05, 0) is 38.6 Å². The van der Waals surface area contributed by atoms with Crippen LogP contribution in [0.15, 0.2) is 12.4 Å². The number of hydrogen-bond acceptors (Lipinski definition) is 3. The maximum absolute atomic E-state index is 9.75. The van der Waals surface area contributed by atoms with Gasteiger partial charge < -0.3 is 15.0 Å². The van der Waals surface area contributed by atoms with Gasteiger partial charge in [0, 0.05) is 24.5 Å². The van der Waals surface area contributed by atoms with Gasteiger partial charge in [-0.1, -0.05) is 13.3 Å². The summed E-state index contributed by atoms with van der Waals surface area (Å²) in [5.41, 5.74) is -0.0385. The number of imidazole rings is 1. The summed E-state index contributed by atoms with van der Waals surface area (Å²) in [6.45, 7) is 6.35. The normalized spacial score (nSPS) is 27.8. The van der Waals surface area contributed by atoms with Crippen molar-refractivity contribution in [1.29, 1.82) is 0 Å². The monoisotopic (exact) mass is 251 g/mol. The highest BCUT2D eigenvalue weighted by Gasteiger charge is 2.41. The molecule has 4 heteroatoms. The molecular formula is C14H25N3O. The number of aliphatic hydroxyl groups excluding tert-OH is 1. The minimum atomic E-state index is -0.0385. The molecule has 0 amide bonds. The van der Waals surface area contributed by atoms with Gasteiger partial charge in [0.25, 0.3) is 0 Å². The number of nitrogens with zero attached hydrogens (tertiary/aromatic N) is 2. The molecule has 1 aliphatic carbocycles. The Morgan fingerprint density at radius 2 is 2.44 bits per heavy atom. The van der Waals surface area contributed by atoms with Crippen LogP contribution in [0.25, 0.3) is 0 Å². The smallest absolute Gasteiger partial charge is 0.105 e. The number of nitrogens with one attached hydrogen (secondary N) is 1. The van der Waals surface area contributed by atoms with Crippen molar-refractivity contribution in [2.24, 2.45) is 5.92 Å². The van der Waals surface area contributed by atoms with Gasteiger partial charge in [0.2, 0.25) is 0 Å². The summed E-state index contributed by atoms with van der Waals surface area (Å²) in [4.78, 5) is 4.25. The van der Waals surface area contributed by atoms with E-state index in [1.54, 1.807) is 0 Å². The summed E-state index contributed by atoms with van der Waals surface area (Å²) in [6, 6.07) is 0. The zero-order chi connectivity index (χ0) is 13.0. The van der Waals surface area contributed by atoms with Crippen LogP contribution in [0.3, 0.4) is 0 Å². The lowest BCUT2D eigenvalue weighted by atomic mass is 9.85. The zero-order valence-corrected chi connectivity index (χ0v) is 11.5. The van der Waals surface area contributed by atoms with Crippen LogP contribution in [0.4, 0.5) is 0 Å². The van der Waals surface area contributed by atoms with E-state index in [1.165, 1.54) is 12.8 Å². The predicted octanol–water partition coefficient (Wildman–Crippen LogP) is 1.72. The fraction of sp³-hybridized carbons (Fsp3) is 0.786. The number of aromatic nitrogens is 2. The molecule has 1 saturated carbocycles. The van der Waals surface area contributed by atoms with E-state index in [9.17, 15) is 5.11 Å². The summed E-state index contributed by atoms with van der Waals surface area (Å²) in [7, 11) is 0. The molecule has 1 fully saturated rings. The van der Waals surface area contributed by atoms with E-state index >= 15 is 0 Å². The minimum absolute atomic E-state index is 0.0385.